The van der Waals surface area contributed by atoms with Crippen molar-refractivity contribution in [1.82, 2.24) is 4.90 Å². The van der Waals surface area contributed by atoms with Crippen LogP contribution in [0.1, 0.15) is 33.6 Å². The second kappa shape index (κ2) is 8.62. The summed E-state index contributed by atoms with van der Waals surface area (Å²) in [5, 5.41) is 12.6. The molecule has 1 saturated heterocycles. The Hall–Kier alpha value is -3.26. The van der Waals surface area contributed by atoms with E-state index in [0.717, 1.165) is 6.42 Å². The molecule has 30 heavy (non-hydrogen) atoms. The number of aliphatic hydroxyl groups is 1. The number of carbonyl (C=O) groups excluding carboxylic acids is 2. The second-order valence-corrected chi connectivity index (χ2v) is 7.28. The first-order chi connectivity index (χ1) is 14.5. The Morgan fingerprint density at radius 3 is 2.80 bits per heavy atom. The summed E-state index contributed by atoms with van der Waals surface area (Å²) in [6.45, 7) is 1.76. The zero-order chi connectivity index (χ0) is 21.1. The van der Waals surface area contributed by atoms with Crippen LogP contribution in [0, 0.1) is 0 Å². The molecule has 2 amide bonds. The lowest BCUT2D eigenvalue weighted by atomic mass is 10.1. The van der Waals surface area contributed by atoms with E-state index in [-0.39, 0.29) is 11.8 Å². The number of ether oxygens (including phenoxy) is 3. The number of benzene rings is 2. The summed E-state index contributed by atoms with van der Waals surface area (Å²) in [6.07, 6.45) is 0.990. The largest absolute Gasteiger partial charge is 0.493 e. The van der Waals surface area contributed by atoms with Gasteiger partial charge in [0.2, 0.25) is 5.75 Å². The lowest BCUT2D eigenvalue weighted by Crippen LogP contribution is -2.42. The SMILES string of the molecule is COc1cc(C(=O)Nc2cccc(C(=O)N3CCCC(O)C3)c2)cc2c1OCCO2. The number of piperidine rings is 1. The number of carbonyl (C=O) groups is 2. The van der Waals surface area contributed by atoms with Gasteiger partial charge in [0.1, 0.15) is 13.2 Å². The van der Waals surface area contributed by atoms with Crippen LogP contribution in [0.15, 0.2) is 36.4 Å². The van der Waals surface area contributed by atoms with Gasteiger partial charge in [0.25, 0.3) is 11.8 Å². The van der Waals surface area contributed by atoms with Crippen LogP contribution < -0.4 is 19.5 Å². The van der Waals surface area contributed by atoms with Crippen molar-refractivity contribution in [2.45, 2.75) is 18.9 Å². The number of hydrogen-bond donors (Lipinski definition) is 2. The van der Waals surface area contributed by atoms with E-state index in [0.29, 0.717) is 66.8 Å². The molecule has 1 fully saturated rings. The van der Waals surface area contributed by atoms with Crippen molar-refractivity contribution in [3.63, 3.8) is 0 Å². The van der Waals surface area contributed by atoms with Gasteiger partial charge >= 0.3 is 0 Å². The third-order valence-corrected chi connectivity index (χ3v) is 5.14. The highest BCUT2D eigenvalue weighted by Crippen LogP contribution is 2.40. The maximum atomic E-state index is 12.8. The zero-order valence-corrected chi connectivity index (χ0v) is 16.7. The maximum absolute atomic E-state index is 12.8. The molecule has 0 aromatic heterocycles. The first-order valence-corrected chi connectivity index (χ1v) is 9.91. The Bertz CT molecular complexity index is 943. The average molecular weight is 412 g/mol. The van der Waals surface area contributed by atoms with Gasteiger partial charge in [-0.15, -0.1) is 0 Å². The van der Waals surface area contributed by atoms with Gasteiger partial charge in [0.15, 0.2) is 11.5 Å². The first kappa shape index (κ1) is 20.0. The van der Waals surface area contributed by atoms with Gasteiger partial charge in [0, 0.05) is 29.9 Å². The summed E-state index contributed by atoms with van der Waals surface area (Å²) in [5.41, 5.74) is 1.31. The van der Waals surface area contributed by atoms with Crippen LogP contribution in [0.2, 0.25) is 0 Å². The number of fused-ring (bicyclic) bond motifs is 1. The minimum Gasteiger partial charge on any atom is -0.493 e. The van der Waals surface area contributed by atoms with Crippen LogP contribution in [-0.4, -0.2) is 61.3 Å². The molecule has 1 unspecified atom stereocenters. The van der Waals surface area contributed by atoms with Crippen molar-refractivity contribution >= 4 is 17.5 Å². The lowest BCUT2D eigenvalue weighted by Gasteiger charge is -2.30. The fraction of sp³-hybridized carbons (Fsp3) is 0.364. The molecular formula is C22H24N2O6. The lowest BCUT2D eigenvalue weighted by molar-refractivity contribution is 0.0474. The second-order valence-electron chi connectivity index (χ2n) is 7.28. The fourth-order valence-electron chi connectivity index (χ4n) is 3.66. The molecule has 0 radical (unpaired) electrons. The highest BCUT2D eigenvalue weighted by Gasteiger charge is 2.24. The normalized spacial score (nSPS) is 17.9. The van der Waals surface area contributed by atoms with Gasteiger partial charge in [-0.3, -0.25) is 9.59 Å². The van der Waals surface area contributed by atoms with Gasteiger partial charge in [0.05, 0.1) is 13.2 Å². The van der Waals surface area contributed by atoms with Crippen LogP contribution in [0.25, 0.3) is 0 Å². The van der Waals surface area contributed by atoms with Gasteiger partial charge in [-0.2, -0.15) is 0 Å². The maximum Gasteiger partial charge on any atom is 0.255 e. The molecule has 0 aliphatic carbocycles. The van der Waals surface area contributed by atoms with E-state index in [1.54, 1.807) is 41.3 Å². The van der Waals surface area contributed by atoms with E-state index in [2.05, 4.69) is 5.32 Å². The Morgan fingerprint density at radius 2 is 2.00 bits per heavy atom. The molecule has 2 aliphatic heterocycles. The first-order valence-electron chi connectivity index (χ1n) is 9.91. The quantitative estimate of drug-likeness (QED) is 0.800. The van der Waals surface area contributed by atoms with Crippen LogP contribution in [0.4, 0.5) is 5.69 Å². The number of nitrogens with zero attached hydrogens (tertiary/aromatic N) is 1. The van der Waals surface area contributed by atoms with Crippen LogP contribution in [-0.2, 0) is 0 Å². The molecule has 0 spiro atoms. The van der Waals surface area contributed by atoms with Crippen LogP contribution >= 0.6 is 0 Å². The molecule has 2 aliphatic rings. The summed E-state index contributed by atoms with van der Waals surface area (Å²) in [5.74, 6) is 0.842. The van der Waals surface area contributed by atoms with E-state index < -0.39 is 6.10 Å². The van der Waals surface area contributed by atoms with Crippen molar-refractivity contribution in [3.8, 4) is 17.2 Å². The van der Waals surface area contributed by atoms with E-state index in [1.807, 2.05) is 0 Å². The number of anilines is 1. The van der Waals surface area contributed by atoms with Crippen molar-refractivity contribution in [2.24, 2.45) is 0 Å². The Balaban J connectivity index is 1.51. The van der Waals surface area contributed by atoms with Crippen molar-refractivity contribution in [1.29, 1.82) is 0 Å². The highest BCUT2D eigenvalue weighted by atomic mass is 16.6. The average Bonchev–Trinajstić information content (AvgIpc) is 2.78. The molecule has 158 valence electrons. The molecule has 4 rings (SSSR count). The van der Waals surface area contributed by atoms with E-state index in [4.69, 9.17) is 14.2 Å². The topological polar surface area (TPSA) is 97.3 Å². The zero-order valence-electron chi connectivity index (χ0n) is 16.7. The summed E-state index contributed by atoms with van der Waals surface area (Å²) in [7, 11) is 1.50. The number of hydrogen-bond acceptors (Lipinski definition) is 6. The molecule has 8 heteroatoms. The number of methoxy groups -OCH3 is 1. The van der Waals surface area contributed by atoms with E-state index >= 15 is 0 Å². The van der Waals surface area contributed by atoms with Crippen molar-refractivity contribution in [3.05, 3.63) is 47.5 Å². The number of aliphatic hydroxyl groups excluding tert-OH is 1. The number of amides is 2. The van der Waals surface area contributed by atoms with Crippen LogP contribution in [0.5, 0.6) is 17.2 Å². The minimum atomic E-state index is -0.490. The smallest absolute Gasteiger partial charge is 0.255 e. The number of nitrogens with one attached hydrogen (secondary N) is 1. The van der Waals surface area contributed by atoms with E-state index in [9.17, 15) is 14.7 Å². The third kappa shape index (κ3) is 4.18. The van der Waals surface area contributed by atoms with Gasteiger partial charge in [-0.1, -0.05) is 6.07 Å². The summed E-state index contributed by atoms with van der Waals surface area (Å²) in [6, 6.07) is 9.97. The Kier molecular flexibility index (Phi) is 5.76. The minimum absolute atomic E-state index is 0.161. The Morgan fingerprint density at radius 1 is 1.17 bits per heavy atom. The predicted molar refractivity (Wildman–Crippen MR) is 110 cm³/mol. The van der Waals surface area contributed by atoms with Crippen molar-refractivity contribution < 1.29 is 28.9 Å². The summed E-state index contributed by atoms with van der Waals surface area (Å²) >= 11 is 0. The van der Waals surface area contributed by atoms with Gasteiger partial charge < -0.3 is 29.5 Å². The summed E-state index contributed by atoms with van der Waals surface area (Å²) in [4.78, 5) is 27.2. The Labute approximate surface area is 174 Å². The molecule has 0 saturated carbocycles. The molecular weight excluding hydrogens is 388 g/mol. The molecule has 0 bridgehead atoms. The standard InChI is InChI=1S/C22H24N2O6/c1-28-18-11-15(12-19-20(18)30-9-8-29-19)21(26)23-16-5-2-4-14(10-16)22(27)24-7-3-6-17(25)13-24/h2,4-5,10-12,17,25H,3,6-9,13H2,1H3,(H,23,26). The molecule has 8 nitrogen and oxygen atoms in total. The monoisotopic (exact) mass is 412 g/mol. The fourth-order valence-corrected chi connectivity index (χ4v) is 3.66. The highest BCUT2D eigenvalue weighted by molar-refractivity contribution is 6.06. The van der Waals surface area contributed by atoms with Gasteiger partial charge in [-0.05, 0) is 43.2 Å². The van der Waals surface area contributed by atoms with Gasteiger partial charge in [-0.25, -0.2) is 0 Å². The molecule has 2 aromatic rings. The van der Waals surface area contributed by atoms with Crippen LogP contribution in [0.3, 0.4) is 0 Å². The molecule has 2 aromatic carbocycles. The summed E-state index contributed by atoms with van der Waals surface area (Å²) < 4.78 is 16.5. The number of β-amino-alcohol motifs (C(OH)–C–C–N with tert-alkyl or cyclic N) is 1. The van der Waals surface area contributed by atoms with Crippen molar-refractivity contribution in [2.75, 3.05) is 38.7 Å². The third-order valence-electron chi connectivity index (χ3n) is 5.14. The molecule has 1 atom stereocenters. The number of rotatable bonds is 4. The number of likely N-dealkylation sites (tertiary alicyclic amines) is 1. The molecule has 2 N–H and O–H groups in total. The molecule has 2 heterocycles. The predicted octanol–water partition coefficient (Wildman–Crippen LogP) is 2.32. The van der Waals surface area contributed by atoms with E-state index in [1.165, 1.54) is 7.11 Å².